The van der Waals surface area contributed by atoms with Crippen molar-refractivity contribution < 1.29 is 14.4 Å². The van der Waals surface area contributed by atoms with Crippen LogP contribution in [0.1, 0.15) is 5.56 Å². The van der Waals surface area contributed by atoms with Crippen LogP contribution in [0.25, 0.3) is 0 Å². The average molecular weight is 303 g/mol. The first kappa shape index (κ1) is 16.7. The van der Waals surface area contributed by atoms with Crippen LogP contribution in [-0.4, -0.2) is 45.4 Å². The molecule has 6 nitrogen and oxygen atoms in total. The normalized spacial score (nSPS) is 10.6. The first-order valence-electron chi connectivity index (χ1n) is 6.20. The number of halogens is 1. The van der Waals surface area contributed by atoms with E-state index in [-0.39, 0.29) is 11.6 Å². The molecule has 0 amide bonds. The van der Waals surface area contributed by atoms with E-state index < -0.39 is 4.92 Å². The lowest BCUT2D eigenvalue weighted by molar-refractivity contribution is -0.385. The van der Waals surface area contributed by atoms with Crippen molar-refractivity contribution in [2.75, 3.05) is 45.4 Å². The Kier molecular flexibility index (Phi) is 7.28. The van der Waals surface area contributed by atoms with Gasteiger partial charge in [0.15, 0.2) is 0 Å². The molecule has 0 bridgehead atoms. The Morgan fingerprint density at radius 2 is 1.85 bits per heavy atom. The molecule has 0 atom stereocenters. The van der Waals surface area contributed by atoms with Crippen LogP contribution >= 0.6 is 11.6 Å². The number of benzene rings is 1. The summed E-state index contributed by atoms with van der Waals surface area (Å²) in [5.74, 6) is 0.104. The molecule has 1 aromatic carbocycles. The first-order chi connectivity index (χ1) is 9.63. The fourth-order valence-electron chi connectivity index (χ4n) is 1.83. The Bertz CT molecular complexity index is 434. The minimum atomic E-state index is -0.420. The zero-order valence-corrected chi connectivity index (χ0v) is 12.4. The van der Waals surface area contributed by atoms with Gasteiger partial charge < -0.3 is 14.4 Å². The van der Waals surface area contributed by atoms with Gasteiger partial charge in [-0.15, -0.1) is 11.6 Å². The number of methoxy groups -OCH3 is 2. The predicted molar refractivity (Wildman–Crippen MR) is 78.6 cm³/mol. The SMILES string of the molecule is COCCN(CCOC)c1ccc([N+](=O)[O-])c(CCl)c1. The van der Waals surface area contributed by atoms with Crippen molar-refractivity contribution >= 4 is 23.0 Å². The Morgan fingerprint density at radius 3 is 2.30 bits per heavy atom. The maximum atomic E-state index is 10.9. The molecule has 0 aliphatic carbocycles. The molecule has 0 aliphatic heterocycles. The van der Waals surface area contributed by atoms with Crippen molar-refractivity contribution in [3.05, 3.63) is 33.9 Å². The number of ether oxygens (including phenoxy) is 2. The lowest BCUT2D eigenvalue weighted by Gasteiger charge is -2.24. The van der Waals surface area contributed by atoms with Crippen molar-refractivity contribution in [3.63, 3.8) is 0 Å². The van der Waals surface area contributed by atoms with Crippen LogP contribution in [0.4, 0.5) is 11.4 Å². The lowest BCUT2D eigenvalue weighted by Crippen LogP contribution is -2.30. The van der Waals surface area contributed by atoms with Gasteiger partial charge in [0.25, 0.3) is 5.69 Å². The van der Waals surface area contributed by atoms with E-state index in [1.807, 2.05) is 4.90 Å². The van der Waals surface area contributed by atoms with E-state index in [1.165, 1.54) is 6.07 Å². The van der Waals surface area contributed by atoms with Gasteiger partial charge in [-0.25, -0.2) is 0 Å². The van der Waals surface area contributed by atoms with E-state index in [1.54, 1.807) is 26.4 Å². The smallest absolute Gasteiger partial charge is 0.273 e. The Balaban J connectivity index is 2.97. The molecular weight excluding hydrogens is 284 g/mol. The van der Waals surface area contributed by atoms with Crippen molar-refractivity contribution in [1.82, 2.24) is 0 Å². The van der Waals surface area contributed by atoms with Crippen LogP contribution in [0, 0.1) is 10.1 Å². The second-order valence-electron chi connectivity index (χ2n) is 4.18. The molecule has 20 heavy (non-hydrogen) atoms. The van der Waals surface area contributed by atoms with Gasteiger partial charge in [-0.2, -0.15) is 0 Å². The highest BCUT2D eigenvalue weighted by Crippen LogP contribution is 2.26. The summed E-state index contributed by atoms with van der Waals surface area (Å²) < 4.78 is 10.2. The molecule has 7 heteroatoms. The van der Waals surface area contributed by atoms with Crippen LogP contribution in [0.3, 0.4) is 0 Å². The van der Waals surface area contributed by atoms with E-state index in [0.717, 1.165) is 5.69 Å². The van der Waals surface area contributed by atoms with E-state index in [4.69, 9.17) is 21.1 Å². The third-order valence-electron chi connectivity index (χ3n) is 2.90. The molecular formula is C13H19ClN2O4. The van der Waals surface area contributed by atoms with Gasteiger partial charge >= 0.3 is 0 Å². The van der Waals surface area contributed by atoms with Gasteiger partial charge in [0.1, 0.15) is 0 Å². The largest absolute Gasteiger partial charge is 0.383 e. The topological polar surface area (TPSA) is 64.8 Å². The predicted octanol–water partition coefficient (Wildman–Crippen LogP) is 2.43. The summed E-state index contributed by atoms with van der Waals surface area (Å²) in [5.41, 5.74) is 1.43. The molecule has 0 saturated heterocycles. The third-order valence-corrected chi connectivity index (χ3v) is 3.19. The van der Waals surface area contributed by atoms with Crippen molar-refractivity contribution in [1.29, 1.82) is 0 Å². The molecule has 1 aromatic rings. The molecule has 112 valence electrons. The summed E-state index contributed by atoms with van der Waals surface area (Å²) in [4.78, 5) is 12.5. The fraction of sp³-hybridized carbons (Fsp3) is 0.538. The van der Waals surface area contributed by atoms with Crippen molar-refractivity contribution in [3.8, 4) is 0 Å². The van der Waals surface area contributed by atoms with Crippen LogP contribution in [-0.2, 0) is 15.4 Å². The summed E-state index contributed by atoms with van der Waals surface area (Å²) in [7, 11) is 3.27. The second kappa shape index (κ2) is 8.73. The number of rotatable bonds is 9. The number of hydrogen-bond donors (Lipinski definition) is 0. The summed E-state index contributed by atoms with van der Waals surface area (Å²) in [6.45, 7) is 2.49. The van der Waals surface area contributed by atoms with Gasteiger partial charge in [-0.3, -0.25) is 10.1 Å². The average Bonchev–Trinajstić information content (AvgIpc) is 2.46. The quantitative estimate of drug-likeness (QED) is 0.398. The van der Waals surface area contributed by atoms with Gasteiger partial charge in [-0.1, -0.05) is 0 Å². The zero-order chi connectivity index (χ0) is 15.0. The van der Waals surface area contributed by atoms with Gasteiger partial charge in [0, 0.05) is 44.6 Å². The Hall–Kier alpha value is -1.37. The van der Waals surface area contributed by atoms with Gasteiger partial charge in [0.2, 0.25) is 0 Å². The van der Waals surface area contributed by atoms with Crippen LogP contribution in [0.15, 0.2) is 18.2 Å². The number of hydrogen-bond acceptors (Lipinski definition) is 5. The standard InChI is InChI=1S/C13H19ClN2O4/c1-19-7-5-15(6-8-20-2)12-3-4-13(16(17)18)11(9-12)10-14/h3-4,9H,5-8,10H2,1-2H3. The second-order valence-corrected chi connectivity index (χ2v) is 4.44. The molecule has 0 unspecified atom stereocenters. The molecule has 1 rings (SSSR count). The van der Waals surface area contributed by atoms with Crippen LogP contribution < -0.4 is 4.90 Å². The van der Waals surface area contributed by atoms with E-state index in [9.17, 15) is 10.1 Å². The highest BCUT2D eigenvalue weighted by molar-refractivity contribution is 6.17. The highest BCUT2D eigenvalue weighted by Gasteiger charge is 2.15. The summed E-state index contributed by atoms with van der Waals surface area (Å²) in [6.07, 6.45) is 0. The maximum Gasteiger partial charge on any atom is 0.273 e. The molecule has 0 heterocycles. The maximum absolute atomic E-state index is 10.9. The van der Waals surface area contributed by atoms with Crippen molar-refractivity contribution in [2.45, 2.75) is 5.88 Å². The number of alkyl halides is 1. The van der Waals surface area contributed by atoms with Crippen LogP contribution in [0.5, 0.6) is 0 Å². The van der Waals surface area contributed by atoms with E-state index in [0.29, 0.717) is 31.9 Å². The van der Waals surface area contributed by atoms with Crippen LogP contribution in [0.2, 0.25) is 0 Å². The first-order valence-corrected chi connectivity index (χ1v) is 6.73. The number of nitro groups is 1. The number of nitro benzene ring substituents is 1. The lowest BCUT2D eigenvalue weighted by atomic mass is 10.1. The molecule has 0 radical (unpaired) electrons. The van der Waals surface area contributed by atoms with Gasteiger partial charge in [-0.05, 0) is 12.1 Å². The summed E-state index contributed by atoms with van der Waals surface area (Å²) in [6, 6.07) is 4.95. The molecule has 0 N–H and O–H groups in total. The molecule has 0 aromatic heterocycles. The molecule has 0 saturated carbocycles. The zero-order valence-electron chi connectivity index (χ0n) is 11.7. The van der Waals surface area contributed by atoms with E-state index >= 15 is 0 Å². The van der Waals surface area contributed by atoms with Crippen molar-refractivity contribution in [2.24, 2.45) is 0 Å². The molecule has 0 aliphatic rings. The summed E-state index contributed by atoms with van der Waals surface area (Å²) >= 11 is 5.79. The molecule has 0 spiro atoms. The third kappa shape index (κ3) is 4.63. The summed E-state index contributed by atoms with van der Waals surface area (Å²) in [5, 5.41) is 10.9. The minimum Gasteiger partial charge on any atom is -0.383 e. The number of anilines is 1. The van der Waals surface area contributed by atoms with E-state index in [2.05, 4.69) is 0 Å². The number of nitrogens with zero attached hydrogens (tertiary/aromatic N) is 2. The fourth-order valence-corrected chi connectivity index (χ4v) is 2.04. The minimum absolute atomic E-state index is 0.0437. The molecule has 0 fully saturated rings. The monoisotopic (exact) mass is 302 g/mol. The van der Waals surface area contributed by atoms with Gasteiger partial charge in [0.05, 0.1) is 24.0 Å². The Morgan fingerprint density at radius 1 is 1.25 bits per heavy atom. The Labute approximate surface area is 123 Å². The highest BCUT2D eigenvalue weighted by atomic mass is 35.5.